The lowest BCUT2D eigenvalue weighted by molar-refractivity contribution is 0.267. The number of likely N-dealkylation sites (N-methyl/N-ethyl adjacent to an activating group) is 1. The Balaban J connectivity index is 0.00000264. The number of rotatable bonds is 6. The Bertz CT molecular complexity index is 484. The Morgan fingerprint density at radius 3 is 2.65 bits per heavy atom. The fourth-order valence-corrected chi connectivity index (χ4v) is 5.18. The molecule has 0 amide bonds. The maximum Gasteiger partial charge on any atom is 0.191 e. The van der Waals surface area contributed by atoms with Gasteiger partial charge in [-0.15, -0.1) is 24.0 Å². The number of aliphatic imine (C=N–C) groups is 1. The van der Waals surface area contributed by atoms with E-state index in [9.17, 15) is 8.42 Å². The first kappa shape index (κ1) is 21.0. The van der Waals surface area contributed by atoms with Crippen molar-refractivity contribution in [1.29, 1.82) is 0 Å². The van der Waals surface area contributed by atoms with Crippen molar-refractivity contribution in [3.05, 3.63) is 0 Å². The van der Waals surface area contributed by atoms with Crippen molar-refractivity contribution in [3.63, 3.8) is 0 Å². The number of hydrogen-bond donors (Lipinski definition) is 2. The molecule has 0 aromatic heterocycles. The van der Waals surface area contributed by atoms with Crippen LogP contribution in [0.1, 0.15) is 33.1 Å². The minimum absolute atomic E-state index is 0. The summed E-state index contributed by atoms with van der Waals surface area (Å²) in [6.45, 7) is 8.86. The molecule has 2 fully saturated rings. The number of likely N-dealkylation sites (tertiary alicyclic amines) is 1. The van der Waals surface area contributed by atoms with E-state index in [2.05, 4.69) is 27.4 Å². The molecule has 136 valence electrons. The van der Waals surface area contributed by atoms with E-state index in [1.807, 2.05) is 6.92 Å². The van der Waals surface area contributed by atoms with Gasteiger partial charge in [-0.3, -0.25) is 9.89 Å². The molecule has 6 nitrogen and oxygen atoms in total. The van der Waals surface area contributed by atoms with Crippen molar-refractivity contribution in [2.75, 3.05) is 44.2 Å². The largest absolute Gasteiger partial charge is 0.357 e. The molecule has 0 bridgehead atoms. The normalized spacial score (nSPS) is 27.7. The third-order valence-corrected chi connectivity index (χ3v) is 6.43. The predicted molar refractivity (Wildman–Crippen MR) is 106 cm³/mol. The van der Waals surface area contributed by atoms with Crippen LogP contribution in [-0.2, 0) is 9.84 Å². The molecular formula is C15H31IN4O2S. The summed E-state index contributed by atoms with van der Waals surface area (Å²) in [5, 5.41) is 6.67. The predicted octanol–water partition coefficient (Wildman–Crippen LogP) is 1.08. The number of nitrogens with zero attached hydrogens (tertiary/aromatic N) is 2. The lowest BCUT2D eigenvalue weighted by Crippen LogP contribution is -2.45. The van der Waals surface area contributed by atoms with Crippen LogP contribution in [0.4, 0.5) is 0 Å². The van der Waals surface area contributed by atoms with E-state index >= 15 is 0 Å². The molecule has 23 heavy (non-hydrogen) atoms. The van der Waals surface area contributed by atoms with Crippen LogP contribution in [0.3, 0.4) is 0 Å². The molecule has 0 aromatic rings. The van der Waals surface area contributed by atoms with Crippen molar-refractivity contribution < 1.29 is 8.42 Å². The topological polar surface area (TPSA) is 73.8 Å². The molecule has 8 heteroatoms. The van der Waals surface area contributed by atoms with Crippen molar-refractivity contribution >= 4 is 39.8 Å². The molecular weight excluding hydrogens is 427 g/mol. The molecule has 2 atom stereocenters. The highest BCUT2D eigenvalue weighted by atomic mass is 127. The van der Waals surface area contributed by atoms with Crippen molar-refractivity contribution in [2.24, 2.45) is 10.9 Å². The second-order valence-corrected chi connectivity index (χ2v) is 8.52. The summed E-state index contributed by atoms with van der Waals surface area (Å²) in [6, 6.07) is 0.584. The van der Waals surface area contributed by atoms with Crippen LogP contribution in [0.25, 0.3) is 0 Å². The lowest BCUT2D eigenvalue weighted by Gasteiger charge is -2.24. The second kappa shape index (κ2) is 10.0. The Morgan fingerprint density at radius 1 is 1.26 bits per heavy atom. The molecule has 2 aliphatic rings. The highest BCUT2D eigenvalue weighted by molar-refractivity contribution is 14.0. The van der Waals surface area contributed by atoms with Crippen LogP contribution < -0.4 is 10.6 Å². The molecule has 2 heterocycles. The number of halogens is 1. The van der Waals surface area contributed by atoms with Gasteiger partial charge in [0.05, 0.1) is 11.5 Å². The monoisotopic (exact) mass is 458 g/mol. The molecule has 0 spiro atoms. The molecule has 2 aliphatic heterocycles. The minimum atomic E-state index is -2.81. The second-order valence-electron chi connectivity index (χ2n) is 6.29. The van der Waals surface area contributed by atoms with Crippen LogP contribution in [0.2, 0.25) is 0 Å². The van der Waals surface area contributed by atoms with E-state index in [0.717, 1.165) is 32.0 Å². The molecule has 2 unspecified atom stereocenters. The van der Waals surface area contributed by atoms with E-state index in [1.54, 1.807) is 0 Å². The lowest BCUT2D eigenvalue weighted by atomic mass is 10.1. The zero-order valence-corrected chi connectivity index (χ0v) is 17.4. The molecule has 0 radical (unpaired) electrons. The fourth-order valence-electron chi connectivity index (χ4n) is 3.34. The smallest absolute Gasteiger partial charge is 0.191 e. The first-order valence-electron chi connectivity index (χ1n) is 8.50. The van der Waals surface area contributed by atoms with Crippen molar-refractivity contribution in [1.82, 2.24) is 15.5 Å². The number of guanidine groups is 1. The Hall–Kier alpha value is -0.0900. The van der Waals surface area contributed by atoms with Gasteiger partial charge in [0.25, 0.3) is 0 Å². The van der Waals surface area contributed by atoms with Crippen LogP contribution in [-0.4, -0.2) is 69.5 Å². The summed E-state index contributed by atoms with van der Waals surface area (Å²) >= 11 is 0. The zero-order chi connectivity index (χ0) is 16.0. The zero-order valence-electron chi connectivity index (χ0n) is 14.3. The SMILES string of the molecule is CCNC(=NCC1CCS(=O)(=O)C1)NCC1CCCN1CC.I. The molecule has 0 saturated carbocycles. The van der Waals surface area contributed by atoms with Crippen molar-refractivity contribution in [2.45, 2.75) is 39.2 Å². The summed E-state index contributed by atoms with van der Waals surface area (Å²) in [4.78, 5) is 7.08. The highest BCUT2D eigenvalue weighted by Crippen LogP contribution is 2.18. The maximum absolute atomic E-state index is 11.5. The average molecular weight is 458 g/mol. The number of hydrogen-bond acceptors (Lipinski definition) is 4. The summed E-state index contributed by atoms with van der Waals surface area (Å²) < 4.78 is 23.0. The standard InChI is InChI=1S/C15H30N4O2S.HI/c1-3-16-15(17-10-13-7-9-22(20,21)12-13)18-11-14-6-5-8-19(14)4-2;/h13-14H,3-12H2,1-2H3,(H2,16,17,18);1H. The first-order valence-corrected chi connectivity index (χ1v) is 10.3. The van der Waals surface area contributed by atoms with Gasteiger partial charge in [0, 0.05) is 25.7 Å². The summed E-state index contributed by atoms with van der Waals surface area (Å²) in [7, 11) is -2.81. The van der Waals surface area contributed by atoms with E-state index in [0.29, 0.717) is 24.1 Å². The van der Waals surface area contributed by atoms with Crippen LogP contribution in [0.15, 0.2) is 4.99 Å². The van der Waals surface area contributed by atoms with E-state index in [1.165, 1.54) is 19.4 Å². The summed E-state index contributed by atoms with van der Waals surface area (Å²) in [6.07, 6.45) is 3.26. The third-order valence-electron chi connectivity index (χ3n) is 4.59. The molecule has 0 aromatic carbocycles. The quantitative estimate of drug-likeness (QED) is 0.354. The Labute approximate surface area is 157 Å². The fraction of sp³-hybridized carbons (Fsp3) is 0.933. The van der Waals surface area contributed by atoms with Gasteiger partial charge in [0.1, 0.15) is 0 Å². The van der Waals surface area contributed by atoms with Crippen LogP contribution in [0.5, 0.6) is 0 Å². The average Bonchev–Trinajstić information content (AvgIpc) is 3.07. The number of nitrogens with one attached hydrogen (secondary N) is 2. The highest BCUT2D eigenvalue weighted by Gasteiger charge is 2.27. The molecule has 0 aliphatic carbocycles. The summed E-state index contributed by atoms with van der Waals surface area (Å²) in [5.41, 5.74) is 0. The molecule has 2 saturated heterocycles. The Morgan fingerprint density at radius 2 is 2.04 bits per heavy atom. The van der Waals surface area contributed by atoms with Crippen molar-refractivity contribution in [3.8, 4) is 0 Å². The van der Waals surface area contributed by atoms with Crippen LogP contribution in [0, 0.1) is 5.92 Å². The molecule has 2 rings (SSSR count). The van der Waals surface area contributed by atoms with E-state index in [4.69, 9.17) is 0 Å². The van der Waals surface area contributed by atoms with E-state index < -0.39 is 9.84 Å². The number of sulfone groups is 1. The van der Waals surface area contributed by atoms with Crippen LogP contribution >= 0.6 is 24.0 Å². The van der Waals surface area contributed by atoms with Gasteiger partial charge >= 0.3 is 0 Å². The van der Waals surface area contributed by atoms with Gasteiger partial charge in [-0.25, -0.2) is 8.42 Å². The van der Waals surface area contributed by atoms with Gasteiger partial charge < -0.3 is 10.6 Å². The van der Waals surface area contributed by atoms with Gasteiger partial charge in [-0.1, -0.05) is 6.92 Å². The third kappa shape index (κ3) is 6.74. The first-order chi connectivity index (χ1) is 10.5. The van der Waals surface area contributed by atoms with E-state index in [-0.39, 0.29) is 29.9 Å². The molecule has 2 N–H and O–H groups in total. The van der Waals surface area contributed by atoms with Gasteiger partial charge in [-0.2, -0.15) is 0 Å². The Kier molecular flexibility index (Phi) is 9.13. The minimum Gasteiger partial charge on any atom is -0.357 e. The summed E-state index contributed by atoms with van der Waals surface area (Å²) in [5.74, 6) is 1.61. The van der Waals surface area contributed by atoms with Gasteiger partial charge in [-0.05, 0) is 45.2 Å². The van der Waals surface area contributed by atoms with Gasteiger partial charge in [0.15, 0.2) is 15.8 Å². The van der Waals surface area contributed by atoms with Gasteiger partial charge in [0.2, 0.25) is 0 Å². The maximum atomic E-state index is 11.5.